The SMILES string of the molecule is C[C@H](O)CN1CCN(Cc2nc(-c3cccnc3)no2)C[C@@H]1C. The molecular weight excluding hydrogens is 294 g/mol. The van der Waals surface area contributed by atoms with Gasteiger partial charge in [0, 0.05) is 50.2 Å². The highest BCUT2D eigenvalue weighted by atomic mass is 16.5. The first-order chi connectivity index (χ1) is 11.1. The number of rotatable bonds is 5. The normalized spacial score (nSPS) is 21.4. The third-order valence-corrected chi connectivity index (χ3v) is 4.09. The highest BCUT2D eigenvalue weighted by Gasteiger charge is 2.25. The Bertz CT molecular complexity index is 616. The molecule has 2 aromatic rings. The van der Waals surface area contributed by atoms with Crippen molar-refractivity contribution in [2.24, 2.45) is 0 Å². The van der Waals surface area contributed by atoms with Crippen molar-refractivity contribution in [1.29, 1.82) is 0 Å². The zero-order chi connectivity index (χ0) is 16.2. The molecule has 0 aliphatic carbocycles. The van der Waals surface area contributed by atoms with E-state index in [0.29, 0.717) is 24.3 Å². The van der Waals surface area contributed by atoms with Gasteiger partial charge in [-0.3, -0.25) is 14.8 Å². The first-order valence-corrected chi connectivity index (χ1v) is 7.99. The van der Waals surface area contributed by atoms with Crippen LogP contribution in [0.4, 0.5) is 0 Å². The van der Waals surface area contributed by atoms with Gasteiger partial charge in [-0.05, 0) is 26.0 Å². The summed E-state index contributed by atoms with van der Waals surface area (Å²) in [6, 6.07) is 4.17. The second-order valence-electron chi connectivity index (χ2n) is 6.18. The van der Waals surface area contributed by atoms with Gasteiger partial charge in [0.25, 0.3) is 0 Å². The Labute approximate surface area is 135 Å². The Morgan fingerprint density at radius 2 is 2.30 bits per heavy atom. The van der Waals surface area contributed by atoms with E-state index < -0.39 is 0 Å². The lowest BCUT2D eigenvalue weighted by molar-refractivity contribution is 0.0385. The molecule has 2 atom stereocenters. The topological polar surface area (TPSA) is 78.5 Å². The smallest absolute Gasteiger partial charge is 0.241 e. The third-order valence-electron chi connectivity index (χ3n) is 4.09. The quantitative estimate of drug-likeness (QED) is 0.882. The van der Waals surface area contributed by atoms with Gasteiger partial charge in [0.15, 0.2) is 0 Å². The number of aliphatic hydroxyl groups excluding tert-OH is 1. The zero-order valence-electron chi connectivity index (χ0n) is 13.6. The summed E-state index contributed by atoms with van der Waals surface area (Å²) < 4.78 is 5.36. The lowest BCUT2D eigenvalue weighted by Crippen LogP contribution is -2.53. The van der Waals surface area contributed by atoms with Crippen LogP contribution < -0.4 is 0 Å². The third kappa shape index (κ3) is 4.13. The van der Waals surface area contributed by atoms with E-state index >= 15 is 0 Å². The van der Waals surface area contributed by atoms with Gasteiger partial charge < -0.3 is 9.63 Å². The number of pyridine rings is 1. The molecule has 3 rings (SSSR count). The van der Waals surface area contributed by atoms with E-state index in [1.807, 2.05) is 19.1 Å². The lowest BCUT2D eigenvalue weighted by Gasteiger charge is -2.39. The van der Waals surface area contributed by atoms with Crippen molar-refractivity contribution in [2.75, 3.05) is 26.2 Å². The van der Waals surface area contributed by atoms with Crippen molar-refractivity contribution in [3.05, 3.63) is 30.4 Å². The summed E-state index contributed by atoms with van der Waals surface area (Å²) in [5.74, 6) is 1.20. The van der Waals surface area contributed by atoms with Crippen LogP contribution in [0.2, 0.25) is 0 Å². The molecule has 1 fully saturated rings. The second kappa shape index (κ2) is 7.16. The summed E-state index contributed by atoms with van der Waals surface area (Å²) in [5.41, 5.74) is 0.859. The monoisotopic (exact) mass is 317 g/mol. The fraction of sp³-hybridized carbons (Fsp3) is 0.562. The van der Waals surface area contributed by atoms with Crippen molar-refractivity contribution >= 4 is 0 Å². The summed E-state index contributed by atoms with van der Waals surface area (Å²) in [7, 11) is 0. The molecule has 23 heavy (non-hydrogen) atoms. The van der Waals surface area contributed by atoms with Crippen molar-refractivity contribution in [1.82, 2.24) is 24.9 Å². The number of piperazine rings is 1. The van der Waals surface area contributed by atoms with Gasteiger partial charge in [0.1, 0.15) is 0 Å². The summed E-state index contributed by atoms with van der Waals surface area (Å²) in [6.07, 6.45) is 3.16. The van der Waals surface area contributed by atoms with Crippen LogP contribution in [0.5, 0.6) is 0 Å². The molecule has 0 aromatic carbocycles. The number of β-amino-alcohol motifs (C(OH)–C–C–N with tert-alkyl or cyclic N) is 1. The maximum absolute atomic E-state index is 9.54. The molecule has 1 N–H and O–H groups in total. The van der Waals surface area contributed by atoms with Crippen LogP contribution in [0, 0.1) is 0 Å². The molecule has 0 amide bonds. The van der Waals surface area contributed by atoms with Gasteiger partial charge in [-0.25, -0.2) is 0 Å². The van der Waals surface area contributed by atoms with Crippen molar-refractivity contribution in [3.8, 4) is 11.4 Å². The Hall–Kier alpha value is -1.83. The van der Waals surface area contributed by atoms with Crippen LogP contribution in [-0.4, -0.2) is 68.4 Å². The minimum Gasteiger partial charge on any atom is -0.392 e. The average molecular weight is 317 g/mol. The molecule has 0 bridgehead atoms. The molecule has 1 saturated heterocycles. The standard InChI is InChI=1S/C16H23N5O2/c1-12-9-20(6-7-21(12)10-13(2)22)11-15-18-16(19-23-15)14-4-3-5-17-8-14/h3-5,8,12-13,22H,6-7,9-11H2,1-2H3/t12-,13-/m0/s1. The Balaban J connectivity index is 1.58. The van der Waals surface area contributed by atoms with Gasteiger partial charge in [-0.15, -0.1) is 0 Å². The molecule has 0 spiro atoms. The van der Waals surface area contributed by atoms with E-state index in [9.17, 15) is 5.11 Å². The number of nitrogens with zero attached hydrogens (tertiary/aromatic N) is 5. The minimum atomic E-state index is -0.290. The van der Waals surface area contributed by atoms with E-state index in [-0.39, 0.29) is 6.10 Å². The Morgan fingerprint density at radius 3 is 3.00 bits per heavy atom. The van der Waals surface area contributed by atoms with E-state index in [0.717, 1.165) is 31.7 Å². The highest BCUT2D eigenvalue weighted by Crippen LogP contribution is 2.16. The second-order valence-corrected chi connectivity index (χ2v) is 6.18. The van der Waals surface area contributed by atoms with Crippen molar-refractivity contribution in [3.63, 3.8) is 0 Å². The maximum atomic E-state index is 9.54. The largest absolute Gasteiger partial charge is 0.392 e. The molecule has 1 aliphatic rings. The van der Waals surface area contributed by atoms with E-state index in [2.05, 4.69) is 31.8 Å². The Morgan fingerprint density at radius 1 is 1.43 bits per heavy atom. The number of aromatic nitrogens is 3. The number of hydrogen-bond acceptors (Lipinski definition) is 7. The maximum Gasteiger partial charge on any atom is 0.241 e. The van der Waals surface area contributed by atoms with Gasteiger partial charge >= 0.3 is 0 Å². The van der Waals surface area contributed by atoms with E-state index in [1.54, 1.807) is 12.4 Å². The van der Waals surface area contributed by atoms with Crippen molar-refractivity contribution in [2.45, 2.75) is 32.5 Å². The molecule has 2 aromatic heterocycles. The molecule has 0 radical (unpaired) electrons. The number of hydrogen-bond donors (Lipinski definition) is 1. The summed E-state index contributed by atoms with van der Waals surface area (Å²) in [6.45, 7) is 8.19. The van der Waals surface area contributed by atoms with Crippen LogP contribution in [0.1, 0.15) is 19.7 Å². The average Bonchev–Trinajstić information content (AvgIpc) is 2.99. The molecule has 1 aliphatic heterocycles. The lowest BCUT2D eigenvalue weighted by atomic mass is 10.1. The molecule has 0 unspecified atom stereocenters. The van der Waals surface area contributed by atoms with Gasteiger partial charge in [0.2, 0.25) is 11.7 Å². The van der Waals surface area contributed by atoms with Crippen LogP contribution in [0.3, 0.4) is 0 Å². The van der Waals surface area contributed by atoms with Crippen LogP contribution in [0.25, 0.3) is 11.4 Å². The first kappa shape index (κ1) is 16.0. The van der Waals surface area contributed by atoms with Crippen LogP contribution in [-0.2, 0) is 6.54 Å². The predicted octanol–water partition coefficient (Wildman–Crippen LogP) is 1.02. The van der Waals surface area contributed by atoms with E-state index in [4.69, 9.17) is 4.52 Å². The summed E-state index contributed by atoms with van der Waals surface area (Å²) in [5, 5.41) is 13.6. The first-order valence-electron chi connectivity index (χ1n) is 7.99. The van der Waals surface area contributed by atoms with Crippen LogP contribution in [0.15, 0.2) is 29.0 Å². The summed E-state index contributed by atoms with van der Waals surface area (Å²) >= 11 is 0. The van der Waals surface area contributed by atoms with Crippen LogP contribution >= 0.6 is 0 Å². The molecule has 3 heterocycles. The van der Waals surface area contributed by atoms with Gasteiger partial charge in [-0.2, -0.15) is 4.98 Å². The summed E-state index contributed by atoms with van der Waals surface area (Å²) in [4.78, 5) is 13.1. The minimum absolute atomic E-state index is 0.290. The molecule has 7 heteroatoms. The van der Waals surface area contributed by atoms with E-state index in [1.165, 1.54) is 0 Å². The molecular formula is C16H23N5O2. The fourth-order valence-corrected chi connectivity index (χ4v) is 2.95. The molecule has 0 saturated carbocycles. The predicted molar refractivity (Wildman–Crippen MR) is 85.5 cm³/mol. The fourth-order valence-electron chi connectivity index (χ4n) is 2.95. The highest BCUT2D eigenvalue weighted by molar-refractivity contribution is 5.51. The molecule has 124 valence electrons. The van der Waals surface area contributed by atoms with Crippen molar-refractivity contribution < 1.29 is 9.63 Å². The zero-order valence-corrected chi connectivity index (χ0v) is 13.6. The Kier molecular flexibility index (Phi) is 5.00. The molecule has 7 nitrogen and oxygen atoms in total. The van der Waals surface area contributed by atoms with Gasteiger partial charge in [-0.1, -0.05) is 5.16 Å². The van der Waals surface area contributed by atoms with Gasteiger partial charge in [0.05, 0.1) is 12.6 Å². The number of aliphatic hydroxyl groups is 1.